The van der Waals surface area contributed by atoms with Gasteiger partial charge in [0.2, 0.25) is 0 Å². The molecule has 1 amide bonds. The quantitative estimate of drug-likeness (QED) is 0.157. The van der Waals surface area contributed by atoms with Crippen molar-refractivity contribution in [2.75, 3.05) is 5.75 Å². The fourth-order valence-electron chi connectivity index (χ4n) is 4.25. The molecule has 0 unspecified atom stereocenters. The van der Waals surface area contributed by atoms with Crippen LogP contribution < -0.4 is 5.32 Å². The lowest BCUT2D eigenvalue weighted by Gasteiger charge is -2.17. The lowest BCUT2D eigenvalue weighted by Crippen LogP contribution is -2.22. The summed E-state index contributed by atoms with van der Waals surface area (Å²) in [5.41, 5.74) is 3.36. The third kappa shape index (κ3) is 8.12. The minimum atomic E-state index is -4.32. The average Bonchev–Trinajstić information content (AvgIpc) is 3.20. The van der Waals surface area contributed by atoms with Gasteiger partial charge in [-0.15, -0.1) is 11.8 Å². The van der Waals surface area contributed by atoms with Crippen molar-refractivity contribution in [3.8, 4) is 0 Å². The summed E-state index contributed by atoms with van der Waals surface area (Å²) >= 11 is 1.76. The van der Waals surface area contributed by atoms with E-state index in [1.807, 2.05) is 54.8 Å². The summed E-state index contributed by atoms with van der Waals surface area (Å²) in [7, 11) is 0. The van der Waals surface area contributed by atoms with Crippen molar-refractivity contribution in [1.29, 1.82) is 0 Å². The third-order valence-corrected chi connectivity index (χ3v) is 6.64. The first kappa shape index (κ1) is 28.3. The molecule has 0 radical (unpaired) electrons. The summed E-state index contributed by atoms with van der Waals surface area (Å²) < 4.78 is 41.7. The Bertz CT molecular complexity index is 1290. The van der Waals surface area contributed by atoms with Gasteiger partial charge in [-0.1, -0.05) is 30.7 Å². The zero-order chi connectivity index (χ0) is 27.0. The Morgan fingerprint density at radius 2 is 1.89 bits per heavy atom. The molecule has 0 aliphatic heterocycles. The first-order valence-electron chi connectivity index (χ1n) is 12.1. The second-order valence-electron chi connectivity index (χ2n) is 8.95. The minimum Gasteiger partial charge on any atom is -0.348 e. The Morgan fingerprint density at radius 1 is 1.16 bits per heavy atom. The molecule has 3 rings (SSSR count). The number of amides is 1. The fraction of sp³-hybridized carbons (Fsp3) is 0.310. The molecule has 1 heterocycles. The first-order valence-corrected chi connectivity index (χ1v) is 13.1. The van der Waals surface area contributed by atoms with E-state index in [-0.39, 0.29) is 23.9 Å². The number of rotatable bonds is 11. The second-order valence-corrected chi connectivity index (χ2v) is 10.3. The molecule has 196 valence electrons. The number of alkyl halides is 3. The molecule has 0 aliphatic carbocycles. The molecule has 0 atom stereocenters. The predicted molar refractivity (Wildman–Crippen MR) is 147 cm³/mol. The van der Waals surface area contributed by atoms with E-state index in [4.69, 9.17) is 0 Å². The maximum absolute atomic E-state index is 13.2. The molecule has 0 spiro atoms. The van der Waals surface area contributed by atoms with E-state index >= 15 is 0 Å². The van der Waals surface area contributed by atoms with Gasteiger partial charge in [-0.25, -0.2) is 0 Å². The number of nitrogens with one attached hydrogen (secondary N) is 1. The maximum atomic E-state index is 13.2. The van der Waals surface area contributed by atoms with E-state index in [1.165, 1.54) is 23.2 Å². The number of thioether (sulfide) groups is 1. The number of hydrogen-bond acceptors (Lipinski definition) is 3. The number of hydrogen-bond donors (Lipinski definition) is 1. The minimum absolute atomic E-state index is 0.0264. The van der Waals surface area contributed by atoms with Gasteiger partial charge >= 0.3 is 6.18 Å². The van der Waals surface area contributed by atoms with Gasteiger partial charge in [0, 0.05) is 52.3 Å². The van der Waals surface area contributed by atoms with Gasteiger partial charge in [0.25, 0.3) is 5.91 Å². The Labute approximate surface area is 220 Å². The maximum Gasteiger partial charge on any atom is 0.392 e. The number of halogens is 3. The predicted octanol–water partition coefficient (Wildman–Crippen LogP) is 7.90. The largest absolute Gasteiger partial charge is 0.392 e. The molecule has 2 aromatic carbocycles. The molecular formula is C29H32F3N3OS. The monoisotopic (exact) mass is 527 g/mol. The van der Waals surface area contributed by atoms with Crippen LogP contribution in [-0.4, -0.2) is 29.1 Å². The molecule has 4 nitrogen and oxygen atoms in total. The number of aliphatic imine (C=N–C) groups is 1. The number of carbonyl (C=O) groups is 1. The van der Waals surface area contributed by atoms with Crippen LogP contribution in [0.5, 0.6) is 0 Å². The lowest BCUT2D eigenvalue weighted by atomic mass is 10.1. The van der Waals surface area contributed by atoms with Crippen molar-refractivity contribution < 1.29 is 18.0 Å². The third-order valence-electron chi connectivity index (χ3n) is 5.74. The van der Waals surface area contributed by atoms with E-state index in [9.17, 15) is 18.0 Å². The molecule has 0 aliphatic rings. The summed E-state index contributed by atoms with van der Waals surface area (Å²) in [6.07, 6.45) is -0.943. The highest BCUT2D eigenvalue weighted by molar-refractivity contribution is 7.99. The summed E-state index contributed by atoms with van der Waals surface area (Å²) in [6.45, 7) is 9.81. The Morgan fingerprint density at radius 3 is 2.51 bits per heavy atom. The Balaban J connectivity index is 1.84. The molecule has 1 aromatic heterocycles. The average molecular weight is 528 g/mol. The Hall–Kier alpha value is -3.26. The van der Waals surface area contributed by atoms with Crippen molar-refractivity contribution >= 4 is 35.3 Å². The molecule has 0 bridgehead atoms. The number of benzene rings is 2. The highest BCUT2D eigenvalue weighted by Crippen LogP contribution is 2.31. The fourth-order valence-corrected chi connectivity index (χ4v) is 4.91. The van der Waals surface area contributed by atoms with E-state index in [0.717, 1.165) is 27.9 Å². The molecule has 1 N–H and O–H groups in total. The van der Waals surface area contributed by atoms with Crippen LogP contribution >= 0.6 is 11.8 Å². The molecular weight excluding hydrogens is 495 g/mol. The van der Waals surface area contributed by atoms with Crippen LogP contribution in [0.2, 0.25) is 0 Å². The van der Waals surface area contributed by atoms with Crippen LogP contribution in [-0.2, 0) is 13.0 Å². The molecule has 0 saturated heterocycles. The van der Waals surface area contributed by atoms with Crippen LogP contribution in [0.1, 0.15) is 54.8 Å². The van der Waals surface area contributed by atoms with Crippen molar-refractivity contribution in [2.24, 2.45) is 4.99 Å². The standard InChI is InChI=1S/C29H32F3N3OS/c1-5-37-26-11-8-21(9-12-26)19-34-28(36)23-10-13-27-24(16-23)17-25(35(27)20(2)3)15-22(7-6-14-33-4)18-29(30,31)32/h6-14,16-17,20H,4-5,15,18-19H2,1-3H3,(H,34,36)/b14-6-,22-7-. The summed E-state index contributed by atoms with van der Waals surface area (Å²) in [6, 6.07) is 15.4. The highest BCUT2D eigenvalue weighted by Gasteiger charge is 2.29. The van der Waals surface area contributed by atoms with Crippen LogP contribution in [0.25, 0.3) is 10.9 Å². The normalized spacial score (nSPS) is 12.6. The van der Waals surface area contributed by atoms with Gasteiger partial charge in [-0.2, -0.15) is 13.2 Å². The van der Waals surface area contributed by atoms with E-state index in [2.05, 4.69) is 24.0 Å². The smallest absolute Gasteiger partial charge is 0.348 e. The summed E-state index contributed by atoms with van der Waals surface area (Å²) in [5.74, 6) is 0.801. The van der Waals surface area contributed by atoms with Crippen molar-refractivity contribution in [2.45, 2.75) is 57.3 Å². The topological polar surface area (TPSA) is 46.4 Å². The number of allylic oxidation sites excluding steroid dienone is 3. The summed E-state index contributed by atoms with van der Waals surface area (Å²) in [5, 5.41) is 3.77. The first-order chi connectivity index (χ1) is 17.6. The molecule has 3 aromatic rings. The van der Waals surface area contributed by atoms with Gasteiger partial charge in [0.05, 0.1) is 6.42 Å². The molecule has 8 heteroatoms. The van der Waals surface area contributed by atoms with Crippen molar-refractivity contribution in [1.82, 2.24) is 9.88 Å². The van der Waals surface area contributed by atoms with Gasteiger partial charge in [-0.05, 0) is 74.4 Å². The SMILES string of the molecule is C=N/C=C\C=C(\Cc1cc2cc(C(=O)NCc3ccc(SCC)cc3)ccc2n1C(C)C)CC(F)(F)F. The number of fused-ring (bicyclic) bond motifs is 1. The molecule has 0 fully saturated rings. The van der Waals surface area contributed by atoms with Gasteiger partial charge < -0.3 is 9.88 Å². The second kappa shape index (κ2) is 12.8. The highest BCUT2D eigenvalue weighted by atomic mass is 32.2. The van der Waals surface area contributed by atoms with E-state index in [0.29, 0.717) is 12.1 Å². The zero-order valence-electron chi connectivity index (χ0n) is 21.3. The molecule has 37 heavy (non-hydrogen) atoms. The number of aromatic nitrogens is 1. The van der Waals surface area contributed by atoms with Crippen LogP contribution in [0.15, 0.2) is 82.3 Å². The van der Waals surface area contributed by atoms with Gasteiger partial charge in [0.15, 0.2) is 0 Å². The lowest BCUT2D eigenvalue weighted by molar-refractivity contribution is -0.127. The van der Waals surface area contributed by atoms with Crippen molar-refractivity contribution in [3.05, 3.63) is 89.3 Å². The van der Waals surface area contributed by atoms with Crippen LogP contribution in [0.4, 0.5) is 13.2 Å². The van der Waals surface area contributed by atoms with E-state index < -0.39 is 12.6 Å². The van der Waals surface area contributed by atoms with Crippen LogP contribution in [0, 0.1) is 0 Å². The number of nitrogens with zero attached hydrogens (tertiary/aromatic N) is 2. The van der Waals surface area contributed by atoms with Crippen molar-refractivity contribution in [3.63, 3.8) is 0 Å². The molecule has 0 saturated carbocycles. The van der Waals surface area contributed by atoms with Gasteiger partial charge in [0.1, 0.15) is 0 Å². The van der Waals surface area contributed by atoms with E-state index in [1.54, 1.807) is 23.9 Å². The van der Waals surface area contributed by atoms with Gasteiger partial charge in [-0.3, -0.25) is 9.79 Å². The zero-order valence-corrected chi connectivity index (χ0v) is 22.1. The summed E-state index contributed by atoms with van der Waals surface area (Å²) in [4.78, 5) is 17.6. The number of carbonyl (C=O) groups excluding carboxylic acids is 1. The van der Waals surface area contributed by atoms with Crippen LogP contribution in [0.3, 0.4) is 0 Å². The Kier molecular flexibility index (Phi) is 9.80.